The van der Waals surface area contributed by atoms with E-state index in [0.717, 1.165) is 5.56 Å². The van der Waals surface area contributed by atoms with Crippen molar-refractivity contribution in [2.75, 3.05) is 14.2 Å². The van der Waals surface area contributed by atoms with Gasteiger partial charge in [-0.1, -0.05) is 0 Å². The molecule has 0 aliphatic carbocycles. The second-order valence-electron chi connectivity index (χ2n) is 7.74. The Morgan fingerprint density at radius 1 is 0.972 bits per heavy atom. The van der Waals surface area contributed by atoms with Gasteiger partial charge in [-0.15, -0.1) is 0 Å². The number of aliphatic imine (C=N–C) groups is 1. The van der Waals surface area contributed by atoms with Crippen molar-refractivity contribution < 1.29 is 19.2 Å². The topological polar surface area (TPSA) is 129 Å². The smallest absolute Gasteiger partial charge is 0.337 e. The van der Waals surface area contributed by atoms with Crippen molar-refractivity contribution in [1.82, 2.24) is 9.78 Å². The van der Waals surface area contributed by atoms with Crippen LogP contribution < -0.4 is 10.3 Å². The number of rotatable bonds is 7. The fourth-order valence-corrected chi connectivity index (χ4v) is 3.68. The Morgan fingerprint density at radius 3 is 2.17 bits per heavy atom. The Balaban J connectivity index is 1.83. The zero-order valence-electron chi connectivity index (χ0n) is 19.7. The van der Waals surface area contributed by atoms with Gasteiger partial charge in [0.2, 0.25) is 0 Å². The van der Waals surface area contributed by atoms with E-state index in [1.165, 1.54) is 36.1 Å². The van der Waals surface area contributed by atoms with E-state index in [-0.39, 0.29) is 11.2 Å². The molecule has 0 unspecified atom stereocenters. The first-order valence-electron chi connectivity index (χ1n) is 10.8. The molecule has 36 heavy (non-hydrogen) atoms. The number of hydrogen-bond donors (Lipinski definition) is 1. The van der Waals surface area contributed by atoms with Crippen LogP contribution in [0, 0.1) is 10.1 Å². The van der Waals surface area contributed by atoms with Gasteiger partial charge in [-0.2, -0.15) is 0 Å². The number of nitro groups is 1. The summed E-state index contributed by atoms with van der Waals surface area (Å²) >= 11 is 0. The Hall–Kier alpha value is -4.99. The predicted octanol–water partition coefficient (Wildman–Crippen LogP) is 4.68. The number of nitrogens with one attached hydrogen (secondary N) is 1. The van der Waals surface area contributed by atoms with E-state index in [4.69, 9.17) is 9.47 Å². The maximum Gasteiger partial charge on any atom is 0.337 e. The molecule has 0 aliphatic rings. The van der Waals surface area contributed by atoms with E-state index < -0.39 is 10.9 Å². The Bertz CT molecular complexity index is 1500. The summed E-state index contributed by atoms with van der Waals surface area (Å²) in [6.45, 7) is 1.71. The minimum Gasteiger partial charge on any atom is -0.497 e. The van der Waals surface area contributed by atoms with Gasteiger partial charge >= 0.3 is 5.97 Å². The summed E-state index contributed by atoms with van der Waals surface area (Å²) in [5.41, 5.74) is 2.92. The van der Waals surface area contributed by atoms with Crippen molar-refractivity contribution in [2.24, 2.45) is 4.99 Å². The normalized spacial score (nSPS) is 11.2. The van der Waals surface area contributed by atoms with Crippen molar-refractivity contribution >= 4 is 23.1 Å². The molecule has 182 valence electrons. The number of methoxy groups -OCH3 is 2. The number of ether oxygens (including phenoxy) is 2. The summed E-state index contributed by atoms with van der Waals surface area (Å²) in [6.07, 6.45) is 0. The monoisotopic (exact) mass is 486 g/mol. The van der Waals surface area contributed by atoms with Crippen LogP contribution in [0.1, 0.15) is 22.8 Å². The summed E-state index contributed by atoms with van der Waals surface area (Å²) < 4.78 is 11.3. The first-order chi connectivity index (χ1) is 17.3. The van der Waals surface area contributed by atoms with Gasteiger partial charge in [0.15, 0.2) is 0 Å². The fraction of sp³-hybridized carbons (Fsp3) is 0.115. The minimum absolute atomic E-state index is 0.0814. The zero-order chi connectivity index (χ0) is 25.8. The van der Waals surface area contributed by atoms with Gasteiger partial charge < -0.3 is 9.47 Å². The quantitative estimate of drug-likeness (QED) is 0.175. The molecule has 1 aromatic heterocycles. The van der Waals surface area contributed by atoms with Crippen LogP contribution in [-0.2, 0) is 4.74 Å². The highest BCUT2D eigenvalue weighted by Gasteiger charge is 2.20. The first kappa shape index (κ1) is 24.1. The van der Waals surface area contributed by atoms with Gasteiger partial charge in [-0.25, -0.2) is 9.48 Å². The summed E-state index contributed by atoms with van der Waals surface area (Å²) in [5, 5.41) is 14.1. The summed E-state index contributed by atoms with van der Waals surface area (Å²) in [5.74, 6) is 0.203. The molecule has 10 nitrogen and oxygen atoms in total. The van der Waals surface area contributed by atoms with Crippen LogP contribution in [-0.4, -0.2) is 40.6 Å². The lowest BCUT2D eigenvalue weighted by Gasteiger charge is -2.05. The number of esters is 1. The second kappa shape index (κ2) is 10.1. The van der Waals surface area contributed by atoms with E-state index in [2.05, 4.69) is 10.1 Å². The van der Waals surface area contributed by atoms with Crippen LogP contribution in [0.15, 0.2) is 82.6 Å². The number of aromatic amines is 1. The zero-order valence-corrected chi connectivity index (χ0v) is 19.7. The molecule has 0 spiro atoms. The molecular formula is C26H22N4O6. The van der Waals surface area contributed by atoms with Crippen molar-refractivity contribution in [3.05, 3.63) is 104 Å². The van der Waals surface area contributed by atoms with Crippen LogP contribution in [0.4, 0.5) is 11.4 Å². The molecule has 10 heteroatoms. The number of benzene rings is 3. The highest BCUT2D eigenvalue weighted by molar-refractivity contribution is 6.05. The van der Waals surface area contributed by atoms with Crippen molar-refractivity contribution in [1.29, 1.82) is 0 Å². The molecule has 1 N–H and O–H groups in total. The molecule has 3 aromatic carbocycles. The Labute approximate surface area is 205 Å². The molecule has 1 heterocycles. The highest BCUT2D eigenvalue weighted by atomic mass is 16.6. The molecule has 4 rings (SSSR count). The number of hydrogen-bond acceptors (Lipinski definition) is 7. The van der Waals surface area contributed by atoms with E-state index in [9.17, 15) is 19.7 Å². The molecule has 0 saturated heterocycles. The van der Waals surface area contributed by atoms with Crippen molar-refractivity contribution in [3.8, 4) is 22.7 Å². The minimum atomic E-state index is -0.502. The van der Waals surface area contributed by atoms with Gasteiger partial charge in [0.25, 0.3) is 11.2 Å². The lowest BCUT2D eigenvalue weighted by molar-refractivity contribution is -0.384. The maximum atomic E-state index is 13.6. The molecule has 0 saturated carbocycles. The van der Waals surface area contributed by atoms with E-state index in [1.54, 1.807) is 50.4 Å². The van der Waals surface area contributed by atoms with Crippen LogP contribution in [0.2, 0.25) is 0 Å². The molecule has 0 fully saturated rings. The molecule has 0 bridgehead atoms. The maximum absolute atomic E-state index is 13.6. The van der Waals surface area contributed by atoms with E-state index in [0.29, 0.717) is 39.7 Å². The number of non-ortho nitro benzene ring substituents is 1. The van der Waals surface area contributed by atoms with Gasteiger partial charge in [-0.3, -0.25) is 25.0 Å². The van der Waals surface area contributed by atoms with Gasteiger partial charge in [-0.05, 0) is 67.6 Å². The highest BCUT2D eigenvalue weighted by Crippen LogP contribution is 2.26. The van der Waals surface area contributed by atoms with Crippen LogP contribution >= 0.6 is 0 Å². The summed E-state index contributed by atoms with van der Waals surface area (Å²) in [7, 11) is 2.87. The lowest BCUT2D eigenvalue weighted by atomic mass is 10.0. The summed E-state index contributed by atoms with van der Waals surface area (Å²) in [6, 6.07) is 19.3. The number of aromatic nitrogens is 2. The van der Waals surface area contributed by atoms with Crippen LogP contribution in [0.25, 0.3) is 16.9 Å². The van der Waals surface area contributed by atoms with Crippen molar-refractivity contribution in [3.63, 3.8) is 0 Å². The lowest BCUT2D eigenvalue weighted by Crippen LogP contribution is -2.19. The molecular weight excluding hydrogens is 464 g/mol. The fourth-order valence-electron chi connectivity index (χ4n) is 3.68. The first-order valence-corrected chi connectivity index (χ1v) is 10.8. The number of carbonyl (C=O) groups excluding carboxylic acids is 1. The third kappa shape index (κ3) is 4.78. The van der Waals surface area contributed by atoms with E-state index in [1.807, 2.05) is 12.1 Å². The molecule has 0 atom stereocenters. The SMILES string of the molecule is COC(=O)c1ccc(N=C(C)c2c(-c3ccc(OC)cc3)[nH]n(-c3ccc([N+](=O)[O-])cc3)c2=O)cc1. The van der Waals surface area contributed by atoms with Crippen LogP contribution in [0.5, 0.6) is 5.75 Å². The molecule has 0 aliphatic heterocycles. The Morgan fingerprint density at radius 2 is 1.61 bits per heavy atom. The third-order valence-corrected chi connectivity index (χ3v) is 5.53. The molecule has 4 aromatic rings. The second-order valence-corrected chi connectivity index (χ2v) is 7.74. The average Bonchev–Trinajstić information content (AvgIpc) is 3.25. The largest absolute Gasteiger partial charge is 0.497 e. The molecule has 0 amide bonds. The average molecular weight is 486 g/mol. The number of H-pyrrole nitrogens is 1. The summed E-state index contributed by atoms with van der Waals surface area (Å²) in [4.78, 5) is 40.4. The number of carbonyl (C=O) groups is 1. The Kier molecular flexibility index (Phi) is 6.77. The van der Waals surface area contributed by atoms with Crippen LogP contribution in [0.3, 0.4) is 0 Å². The predicted molar refractivity (Wildman–Crippen MR) is 135 cm³/mol. The van der Waals surface area contributed by atoms with Gasteiger partial charge in [0.1, 0.15) is 5.75 Å². The standard InChI is InChI=1S/C26H22N4O6/c1-16(27-19-8-4-18(5-9-19)26(32)36-3)23-24(17-6-14-22(35-2)15-7-17)28-29(25(23)31)20-10-12-21(13-11-20)30(33)34/h4-15,28H,1-3H3. The van der Waals surface area contributed by atoms with Crippen molar-refractivity contribution in [2.45, 2.75) is 6.92 Å². The van der Waals surface area contributed by atoms with E-state index >= 15 is 0 Å². The van der Waals surface area contributed by atoms with Gasteiger partial charge in [0, 0.05) is 17.7 Å². The number of nitrogens with zero attached hydrogens (tertiary/aromatic N) is 3. The molecule has 0 radical (unpaired) electrons. The van der Waals surface area contributed by atoms with Gasteiger partial charge in [0.05, 0.1) is 53.1 Å². The third-order valence-electron chi connectivity index (χ3n) is 5.53. The number of nitro benzene ring substituents is 1.